The second-order valence-corrected chi connectivity index (χ2v) is 7.84. The largest absolute Gasteiger partial charge is 0.494 e. The van der Waals surface area contributed by atoms with Gasteiger partial charge in [0, 0.05) is 12.9 Å². The molecule has 0 spiro atoms. The van der Waals surface area contributed by atoms with Crippen molar-refractivity contribution in [1.82, 2.24) is 0 Å². The molecule has 1 fully saturated rings. The van der Waals surface area contributed by atoms with Crippen molar-refractivity contribution in [2.75, 3.05) is 20.3 Å². The summed E-state index contributed by atoms with van der Waals surface area (Å²) in [5.74, 6) is -1.18. The Bertz CT molecular complexity index is 621. The van der Waals surface area contributed by atoms with Crippen LogP contribution < -0.4 is 10.5 Å². The standard InChI is InChI=1S/C19H29BFNO5/c1-18(2)19(3,4)27-20(26-18)16(15(12-24-5)17(22)23)10-11-25-14-8-6-13(21)7-9-14/h6-9,15-16H,10-12H2,1-5H3,(H2,22,23)/t15?,16-/m1/s1. The van der Waals surface area contributed by atoms with Crippen molar-refractivity contribution in [1.29, 1.82) is 0 Å². The van der Waals surface area contributed by atoms with Crippen molar-refractivity contribution in [3.63, 3.8) is 0 Å². The van der Waals surface area contributed by atoms with E-state index in [1.807, 2.05) is 27.7 Å². The van der Waals surface area contributed by atoms with Crippen LogP contribution in [0, 0.1) is 11.7 Å². The molecule has 2 atom stereocenters. The number of halogens is 1. The lowest BCUT2D eigenvalue weighted by atomic mass is 9.63. The average Bonchev–Trinajstić information content (AvgIpc) is 2.79. The van der Waals surface area contributed by atoms with Gasteiger partial charge in [0.25, 0.3) is 0 Å². The van der Waals surface area contributed by atoms with E-state index in [0.717, 1.165) is 0 Å². The Hall–Kier alpha value is -1.64. The minimum Gasteiger partial charge on any atom is -0.494 e. The number of nitrogens with two attached hydrogens (primary N) is 1. The summed E-state index contributed by atoms with van der Waals surface area (Å²) in [6, 6.07) is 5.77. The fourth-order valence-corrected chi connectivity index (χ4v) is 3.03. The summed E-state index contributed by atoms with van der Waals surface area (Å²) in [6.07, 6.45) is 0.463. The van der Waals surface area contributed by atoms with Gasteiger partial charge in [-0.15, -0.1) is 0 Å². The van der Waals surface area contributed by atoms with Gasteiger partial charge in [-0.05, 0) is 58.4 Å². The first-order valence-electron chi connectivity index (χ1n) is 9.09. The highest BCUT2D eigenvalue weighted by atomic mass is 19.1. The molecule has 150 valence electrons. The van der Waals surface area contributed by atoms with E-state index in [4.69, 9.17) is 24.5 Å². The molecule has 0 bridgehead atoms. The third-order valence-corrected chi connectivity index (χ3v) is 5.38. The Morgan fingerprint density at radius 3 is 2.22 bits per heavy atom. The van der Waals surface area contributed by atoms with Crippen molar-refractivity contribution >= 4 is 13.0 Å². The van der Waals surface area contributed by atoms with Crippen LogP contribution in [0.1, 0.15) is 34.1 Å². The molecule has 1 aliphatic rings. The highest BCUT2D eigenvalue weighted by Crippen LogP contribution is 2.43. The Balaban J connectivity index is 2.12. The monoisotopic (exact) mass is 381 g/mol. The molecular weight excluding hydrogens is 352 g/mol. The molecule has 0 aliphatic carbocycles. The highest BCUT2D eigenvalue weighted by Gasteiger charge is 2.55. The van der Waals surface area contributed by atoms with E-state index in [1.165, 1.54) is 19.2 Å². The topological polar surface area (TPSA) is 80.0 Å². The minimum absolute atomic E-state index is 0.167. The Kier molecular flexibility index (Phi) is 6.89. The summed E-state index contributed by atoms with van der Waals surface area (Å²) >= 11 is 0. The molecule has 1 saturated heterocycles. The first kappa shape index (κ1) is 21.7. The summed E-state index contributed by atoms with van der Waals surface area (Å²) in [7, 11) is 0.908. The maximum absolute atomic E-state index is 13.0. The Labute approximate surface area is 160 Å². The molecule has 0 radical (unpaired) electrons. The summed E-state index contributed by atoms with van der Waals surface area (Å²) in [4.78, 5) is 12.0. The quantitative estimate of drug-likeness (QED) is 0.666. The molecule has 1 aliphatic heterocycles. The molecule has 2 N–H and O–H groups in total. The van der Waals surface area contributed by atoms with Crippen molar-refractivity contribution in [3.05, 3.63) is 30.1 Å². The van der Waals surface area contributed by atoms with E-state index in [1.54, 1.807) is 12.1 Å². The highest BCUT2D eigenvalue weighted by molar-refractivity contribution is 6.48. The molecule has 1 aromatic rings. The predicted molar refractivity (Wildman–Crippen MR) is 101 cm³/mol. The zero-order chi connectivity index (χ0) is 20.2. The summed E-state index contributed by atoms with van der Waals surface area (Å²) < 4.78 is 36.2. The number of benzene rings is 1. The maximum Gasteiger partial charge on any atom is 0.462 e. The number of carbonyl (C=O) groups excluding carboxylic acids is 1. The first-order chi connectivity index (χ1) is 12.6. The van der Waals surface area contributed by atoms with Crippen LogP contribution in [0.4, 0.5) is 4.39 Å². The third-order valence-electron chi connectivity index (χ3n) is 5.38. The van der Waals surface area contributed by atoms with Gasteiger partial charge in [0.1, 0.15) is 11.6 Å². The zero-order valence-electron chi connectivity index (χ0n) is 16.7. The third kappa shape index (κ3) is 5.21. The number of hydrogen-bond donors (Lipinski definition) is 1. The van der Waals surface area contributed by atoms with Crippen LogP contribution in [0.2, 0.25) is 5.82 Å². The lowest BCUT2D eigenvalue weighted by Crippen LogP contribution is -2.41. The molecule has 0 saturated carbocycles. The average molecular weight is 381 g/mol. The lowest BCUT2D eigenvalue weighted by Gasteiger charge is -2.32. The summed E-state index contributed by atoms with van der Waals surface area (Å²) in [5.41, 5.74) is 4.56. The smallest absolute Gasteiger partial charge is 0.462 e. The van der Waals surface area contributed by atoms with Crippen LogP contribution in [0.5, 0.6) is 5.75 Å². The molecular formula is C19H29BFNO5. The van der Waals surface area contributed by atoms with Gasteiger partial charge in [-0.1, -0.05) is 0 Å². The molecule has 1 unspecified atom stereocenters. The number of carbonyl (C=O) groups is 1. The van der Waals surface area contributed by atoms with Crippen molar-refractivity contribution in [3.8, 4) is 5.75 Å². The van der Waals surface area contributed by atoms with Crippen molar-refractivity contribution in [2.45, 2.75) is 51.1 Å². The molecule has 8 heteroatoms. The maximum atomic E-state index is 13.0. The van der Waals surface area contributed by atoms with E-state index in [9.17, 15) is 9.18 Å². The van der Waals surface area contributed by atoms with Gasteiger partial charge in [-0.2, -0.15) is 0 Å². The van der Waals surface area contributed by atoms with Gasteiger partial charge in [0.2, 0.25) is 5.91 Å². The van der Waals surface area contributed by atoms with Crippen LogP contribution in [0.25, 0.3) is 0 Å². The van der Waals surface area contributed by atoms with E-state index in [2.05, 4.69) is 0 Å². The molecule has 1 aromatic carbocycles. The van der Waals surface area contributed by atoms with Crippen LogP contribution in [-0.2, 0) is 18.8 Å². The number of primary amides is 1. The zero-order valence-corrected chi connectivity index (χ0v) is 16.7. The number of ether oxygens (including phenoxy) is 2. The van der Waals surface area contributed by atoms with Gasteiger partial charge in [-0.3, -0.25) is 4.79 Å². The molecule has 0 aromatic heterocycles. The first-order valence-corrected chi connectivity index (χ1v) is 9.09. The minimum atomic E-state index is -0.612. The van der Waals surface area contributed by atoms with E-state index in [-0.39, 0.29) is 18.2 Å². The number of amides is 1. The van der Waals surface area contributed by atoms with Gasteiger partial charge in [-0.25, -0.2) is 4.39 Å². The van der Waals surface area contributed by atoms with E-state index >= 15 is 0 Å². The van der Waals surface area contributed by atoms with E-state index in [0.29, 0.717) is 18.8 Å². The number of hydrogen-bond acceptors (Lipinski definition) is 5. The molecule has 1 heterocycles. The second kappa shape index (κ2) is 8.58. The molecule has 1 amide bonds. The van der Waals surface area contributed by atoms with Gasteiger partial charge < -0.3 is 24.5 Å². The molecule has 2 rings (SSSR count). The number of methoxy groups -OCH3 is 1. The van der Waals surface area contributed by atoms with Gasteiger partial charge in [0.05, 0.1) is 30.3 Å². The van der Waals surface area contributed by atoms with Crippen LogP contribution >= 0.6 is 0 Å². The van der Waals surface area contributed by atoms with Crippen LogP contribution in [0.15, 0.2) is 24.3 Å². The SMILES string of the molecule is COCC(C(N)=O)[C@@H](CCOc1ccc(F)cc1)B1OC(C)(C)C(C)(C)O1. The van der Waals surface area contributed by atoms with Gasteiger partial charge >= 0.3 is 7.12 Å². The normalized spacial score (nSPS) is 20.3. The fourth-order valence-electron chi connectivity index (χ4n) is 3.03. The molecule has 6 nitrogen and oxygen atoms in total. The number of rotatable bonds is 9. The van der Waals surface area contributed by atoms with Crippen LogP contribution in [-0.4, -0.2) is 44.6 Å². The Morgan fingerprint density at radius 2 is 1.74 bits per heavy atom. The Morgan fingerprint density at radius 1 is 1.19 bits per heavy atom. The molecule has 27 heavy (non-hydrogen) atoms. The van der Waals surface area contributed by atoms with Crippen molar-refractivity contribution < 1.29 is 28.0 Å². The van der Waals surface area contributed by atoms with E-state index < -0.39 is 30.1 Å². The fraction of sp³-hybridized carbons (Fsp3) is 0.632. The summed E-state index contributed by atoms with van der Waals surface area (Å²) in [6.45, 7) is 8.28. The lowest BCUT2D eigenvalue weighted by molar-refractivity contribution is -0.123. The second-order valence-electron chi connectivity index (χ2n) is 7.84. The van der Waals surface area contributed by atoms with Crippen LogP contribution in [0.3, 0.4) is 0 Å². The van der Waals surface area contributed by atoms with Gasteiger partial charge in [0.15, 0.2) is 0 Å². The predicted octanol–water partition coefficient (Wildman–Crippen LogP) is 2.80. The van der Waals surface area contributed by atoms with Crippen molar-refractivity contribution in [2.24, 2.45) is 11.7 Å². The summed E-state index contributed by atoms with van der Waals surface area (Å²) in [5, 5.41) is 0.